The molecule has 1 aliphatic rings. The van der Waals surface area contributed by atoms with E-state index in [9.17, 15) is 9.59 Å². The van der Waals surface area contributed by atoms with E-state index in [2.05, 4.69) is 21.9 Å². The molecule has 2 aromatic rings. The Bertz CT molecular complexity index is 731. The molecule has 0 aromatic carbocycles. The Morgan fingerprint density at radius 3 is 2.53 bits per heavy atom. The van der Waals surface area contributed by atoms with Gasteiger partial charge in [-0.25, -0.2) is 9.78 Å². The Balaban J connectivity index is 2.22. The molecule has 0 amide bonds. The first-order valence-corrected chi connectivity index (χ1v) is 6.71. The van der Waals surface area contributed by atoms with Crippen molar-refractivity contribution < 1.29 is 0 Å². The summed E-state index contributed by atoms with van der Waals surface area (Å²) >= 11 is 0. The summed E-state index contributed by atoms with van der Waals surface area (Å²) in [6.07, 6.45) is 5.76. The van der Waals surface area contributed by atoms with Crippen molar-refractivity contribution in [1.29, 1.82) is 0 Å². The van der Waals surface area contributed by atoms with E-state index in [-0.39, 0.29) is 5.41 Å². The molecule has 102 valence electrons. The van der Waals surface area contributed by atoms with Crippen LogP contribution in [0.4, 0.5) is 0 Å². The highest BCUT2D eigenvalue weighted by Gasteiger charge is 2.32. The molecular weight excluding hydrogens is 244 g/mol. The lowest BCUT2D eigenvalue weighted by atomic mass is 9.75. The zero-order valence-electron chi connectivity index (χ0n) is 11.2. The largest absolute Gasteiger partial charge is 0.336 e. The van der Waals surface area contributed by atoms with E-state index in [1.807, 2.05) is 0 Å². The van der Waals surface area contributed by atoms with Crippen molar-refractivity contribution in [3.05, 3.63) is 26.7 Å². The lowest BCUT2D eigenvalue weighted by molar-refractivity contribution is 0.306. The lowest BCUT2D eigenvalue weighted by Crippen LogP contribution is -2.28. The number of aryl methyl sites for hydroxylation is 1. The Morgan fingerprint density at radius 1 is 1.16 bits per heavy atom. The molecule has 0 saturated heterocycles. The van der Waals surface area contributed by atoms with Gasteiger partial charge < -0.3 is 4.98 Å². The maximum atomic E-state index is 11.8. The van der Waals surface area contributed by atoms with Gasteiger partial charge in [0.2, 0.25) is 0 Å². The molecule has 19 heavy (non-hydrogen) atoms. The van der Waals surface area contributed by atoms with Crippen LogP contribution in [-0.4, -0.2) is 19.5 Å². The van der Waals surface area contributed by atoms with Gasteiger partial charge in [-0.3, -0.25) is 14.3 Å². The maximum Gasteiger partial charge on any atom is 0.329 e. The van der Waals surface area contributed by atoms with Gasteiger partial charge in [-0.2, -0.15) is 0 Å². The Morgan fingerprint density at radius 2 is 1.84 bits per heavy atom. The van der Waals surface area contributed by atoms with Crippen LogP contribution in [0, 0.1) is 0 Å². The van der Waals surface area contributed by atoms with E-state index in [0.29, 0.717) is 11.2 Å². The molecule has 0 radical (unpaired) electrons. The standard InChI is InChI=1S/C13H18N4O2/c1-13(6-4-3-5-7-13)11-14-8-9(15-11)17(2)12(19)16-10(8)18/h3-7H2,1-2H3,(H,14,15)(H,16,18,19). The van der Waals surface area contributed by atoms with Crippen molar-refractivity contribution in [2.75, 3.05) is 0 Å². The van der Waals surface area contributed by atoms with Gasteiger partial charge in [0, 0.05) is 12.5 Å². The van der Waals surface area contributed by atoms with Gasteiger partial charge in [-0.15, -0.1) is 0 Å². The second kappa shape index (κ2) is 4.08. The number of hydrogen-bond acceptors (Lipinski definition) is 3. The normalized spacial score (nSPS) is 18.8. The van der Waals surface area contributed by atoms with Crippen molar-refractivity contribution in [3.63, 3.8) is 0 Å². The highest BCUT2D eigenvalue weighted by atomic mass is 16.2. The van der Waals surface area contributed by atoms with Gasteiger partial charge in [-0.1, -0.05) is 26.2 Å². The highest BCUT2D eigenvalue weighted by Crippen LogP contribution is 2.37. The molecular formula is C13H18N4O2. The predicted molar refractivity (Wildman–Crippen MR) is 72.4 cm³/mol. The van der Waals surface area contributed by atoms with Crippen molar-refractivity contribution in [2.24, 2.45) is 7.05 Å². The Labute approximate surface area is 109 Å². The van der Waals surface area contributed by atoms with Gasteiger partial charge in [0.1, 0.15) is 11.3 Å². The average Bonchev–Trinajstić information content (AvgIpc) is 2.83. The number of aromatic amines is 2. The lowest BCUT2D eigenvalue weighted by Gasteiger charge is -2.31. The van der Waals surface area contributed by atoms with Gasteiger partial charge in [0.05, 0.1) is 0 Å². The smallest absolute Gasteiger partial charge is 0.329 e. The predicted octanol–water partition coefficient (Wildman–Crippen LogP) is 1.17. The molecule has 0 bridgehead atoms. The number of hydrogen-bond donors (Lipinski definition) is 2. The van der Waals surface area contributed by atoms with Gasteiger partial charge in [0.15, 0.2) is 5.65 Å². The molecule has 2 N–H and O–H groups in total. The fourth-order valence-electron chi connectivity index (χ4n) is 2.96. The quantitative estimate of drug-likeness (QED) is 0.809. The van der Waals surface area contributed by atoms with E-state index >= 15 is 0 Å². The van der Waals surface area contributed by atoms with Crippen LogP contribution in [0.3, 0.4) is 0 Å². The zero-order valence-corrected chi connectivity index (χ0v) is 11.2. The summed E-state index contributed by atoms with van der Waals surface area (Å²) in [5.41, 5.74) is -0.000191. The summed E-state index contributed by atoms with van der Waals surface area (Å²) in [4.78, 5) is 33.3. The summed E-state index contributed by atoms with van der Waals surface area (Å²) in [7, 11) is 1.62. The monoisotopic (exact) mass is 262 g/mol. The molecule has 1 saturated carbocycles. The van der Waals surface area contributed by atoms with Crippen molar-refractivity contribution in [3.8, 4) is 0 Å². The molecule has 6 heteroatoms. The summed E-state index contributed by atoms with van der Waals surface area (Å²) < 4.78 is 1.38. The molecule has 0 aliphatic heterocycles. The van der Waals surface area contributed by atoms with E-state index in [1.165, 1.54) is 23.8 Å². The molecule has 3 rings (SSSR count). The molecule has 0 unspecified atom stereocenters. The second-order valence-electron chi connectivity index (χ2n) is 5.72. The van der Waals surface area contributed by atoms with Crippen LogP contribution in [0.5, 0.6) is 0 Å². The molecule has 2 heterocycles. The van der Waals surface area contributed by atoms with Crippen LogP contribution in [0.2, 0.25) is 0 Å². The maximum absolute atomic E-state index is 11.8. The molecule has 2 aromatic heterocycles. The Kier molecular flexibility index (Phi) is 2.62. The number of nitrogens with one attached hydrogen (secondary N) is 2. The number of aromatic nitrogens is 4. The highest BCUT2D eigenvalue weighted by molar-refractivity contribution is 5.69. The fourth-order valence-corrected chi connectivity index (χ4v) is 2.96. The second-order valence-corrected chi connectivity index (χ2v) is 5.72. The van der Waals surface area contributed by atoms with Crippen LogP contribution in [0.1, 0.15) is 44.9 Å². The van der Waals surface area contributed by atoms with Crippen LogP contribution >= 0.6 is 0 Å². The van der Waals surface area contributed by atoms with Crippen LogP contribution in [-0.2, 0) is 12.5 Å². The third kappa shape index (κ3) is 1.82. The van der Waals surface area contributed by atoms with Crippen LogP contribution < -0.4 is 11.2 Å². The van der Waals surface area contributed by atoms with Gasteiger partial charge in [-0.05, 0) is 12.8 Å². The molecule has 1 fully saturated rings. The average molecular weight is 262 g/mol. The summed E-state index contributed by atoms with van der Waals surface area (Å²) in [5.74, 6) is 0.828. The zero-order chi connectivity index (χ0) is 13.6. The van der Waals surface area contributed by atoms with Crippen molar-refractivity contribution >= 4 is 11.2 Å². The van der Waals surface area contributed by atoms with Crippen LogP contribution in [0.25, 0.3) is 11.2 Å². The van der Waals surface area contributed by atoms with Gasteiger partial charge >= 0.3 is 5.69 Å². The molecule has 0 atom stereocenters. The van der Waals surface area contributed by atoms with Gasteiger partial charge in [0.25, 0.3) is 5.56 Å². The molecule has 0 spiro atoms. The number of fused-ring (bicyclic) bond motifs is 1. The first kappa shape index (κ1) is 12.2. The van der Waals surface area contributed by atoms with E-state index in [1.54, 1.807) is 7.05 Å². The third-order valence-corrected chi connectivity index (χ3v) is 4.28. The number of rotatable bonds is 1. The molecule has 6 nitrogen and oxygen atoms in total. The minimum Gasteiger partial charge on any atom is -0.336 e. The number of imidazole rings is 1. The minimum atomic E-state index is -0.427. The topological polar surface area (TPSA) is 83.5 Å². The fraction of sp³-hybridized carbons (Fsp3) is 0.615. The SMILES string of the molecule is Cn1c(=O)[nH]c(=O)c2[nH]c(C3(C)CCCCC3)nc21. The summed E-state index contributed by atoms with van der Waals surface area (Å²) in [6, 6.07) is 0. The summed E-state index contributed by atoms with van der Waals surface area (Å²) in [5, 5.41) is 0. The van der Waals surface area contributed by atoms with Crippen molar-refractivity contribution in [2.45, 2.75) is 44.4 Å². The minimum absolute atomic E-state index is 0.0141. The van der Waals surface area contributed by atoms with Crippen molar-refractivity contribution in [1.82, 2.24) is 19.5 Å². The Hall–Kier alpha value is -1.85. The first-order valence-electron chi connectivity index (χ1n) is 6.71. The number of H-pyrrole nitrogens is 2. The molecule has 1 aliphatic carbocycles. The van der Waals surface area contributed by atoms with E-state index in [0.717, 1.165) is 18.7 Å². The first-order chi connectivity index (χ1) is 9.01. The summed E-state index contributed by atoms with van der Waals surface area (Å²) in [6.45, 7) is 2.18. The van der Waals surface area contributed by atoms with E-state index in [4.69, 9.17) is 0 Å². The number of nitrogens with zero attached hydrogens (tertiary/aromatic N) is 2. The third-order valence-electron chi connectivity index (χ3n) is 4.28. The van der Waals surface area contributed by atoms with Crippen LogP contribution in [0.15, 0.2) is 9.59 Å². The van der Waals surface area contributed by atoms with E-state index < -0.39 is 11.2 Å².